The Hall–Kier alpha value is -2.48. The van der Waals surface area contributed by atoms with Crippen LogP contribution in [0.4, 0.5) is 35.8 Å². The normalized spacial score (nSPS) is 11.8. The third kappa shape index (κ3) is 4.89. The molecule has 0 aliphatic heterocycles. The van der Waals surface area contributed by atoms with E-state index < -0.39 is 11.7 Å². The lowest BCUT2D eigenvalue weighted by Crippen LogP contribution is -2.09. The third-order valence-electron chi connectivity index (χ3n) is 4.32. The Morgan fingerprint density at radius 1 is 1.03 bits per heavy atom. The van der Waals surface area contributed by atoms with Gasteiger partial charge in [-0.1, -0.05) is 49.1 Å². The summed E-state index contributed by atoms with van der Waals surface area (Å²) in [5.74, 6) is 0.652. The van der Waals surface area contributed by atoms with Crippen LogP contribution in [-0.4, -0.2) is 28.3 Å². The maximum Gasteiger partial charge on any atom is 0.416 e. The summed E-state index contributed by atoms with van der Waals surface area (Å²) < 4.78 is 39.2. The Bertz CT molecular complexity index is 1250. The molecule has 0 fully saturated rings. The molecule has 11 heteroatoms. The highest BCUT2D eigenvalue weighted by Gasteiger charge is 2.30. The lowest BCUT2D eigenvalue weighted by Gasteiger charge is -2.15. The number of alkyl halides is 3. The van der Waals surface area contributed by atoms with Crippen LogP contribution >= 0.6 is 30.9 Å². The zero-order valence-electron chi connectivity index (χ0n) is 16.3. The molecule has 0 saturated carbocycles. The second-order valence-electron chi connectivity index (χ2n) is 6.75. The van der Waals surface area contributed by atoms with Crippen LogP contribution in [0.5, 0.6) is 0 Å². The van der Waals surface area contributed by atoms with Crippen LogP contribution in [0, 0.1) is 0 Å². The number of nitrogens with zero attached hydrogens (tertiary/aromatic N) is 3. The summed E-state index contributed by atoms with van der Waals surface area (Å²) in [6.07, 6.45) is -2.95. The van der Waals surface area contributed by atoms with Crippen molar-refractivity contribution in [3.8, 4) is 0 Å². The van der Waals surface area contributed by atoms with E-state index in [0.717, 1.165) is 29.2 Å². The Balaban J connectivity index is 1.60. The number of thiazole rings is 1. The van der Waals surface area contributed by atoms with E-state index in [1.807, 2.05) is 18.2 Å². The minimum absolute atomic E-state index is 0.231. The molecule has 0 radical (unpaired) electrons. The molecule has 2 aromatic carbocycles. The molecule has 0 aliphatic rings. The molecule has 0 saturated heterocycles. The number of anilines is 4. The van der Waals surface area contributed by atoms with Crippen LogP contribution < -0.4 is 15.9 Å². The first-order valence-corrected chi connectivity index (χ1v) is 12.4. The highest BCUT2D eigenvalue weighted by molar-refractivity contribution is 7.64. The highest BCUT2D eigenvalue weighted by atomic mass is 35.5. The van der Waals surface area contributed by atoms with Gasteiger partial charge >= 0.3 is 6.18 Å². The van der Waals surface area contributed by atoms with E-state index in [0.29, 0.717) is 26.2 Å². The lowest BCUT2D eigenvalue weighted by atomic mass is 10.2. The molecule has 0 atom stereocenters. The standard InChI is InChI=1S/C20H16ClF3N5PS/c1-30(2)15-6-4-3-5-13(15)26-17-12(21)10-25-18(28-17)29-19-27-14-8-7-11(20(22,23)24)9-16(14)31-19/h3-10H,1-2H3,(H2,25,26,27,28,29). The lowest BCUT2D eigenvalue weighted by molar-refractivity contribution is -0.137. The molecule has 0 aliphatic carbocycles. The van der Waals surface area contributed by atoms with Crippen molar-refractivity contribution in [2.45, 2.75) is 6.18 Å². The second-order valence-corrected chi connectivity index (χ2v) is 10.5. The van der Waals surface area contributed by atoms with Crippen molar-refractivity contribution in [3.63, 3.8) is 0 Å². The molecule has 4 rings (SSSR count). The van der Waals surface area contributed by atoms with Crippen LogP contribution in [0.3, 0.4) is 0 Å². The van der Waals surface area contributed by atoms with Crippen molar-refractivity contribution in [1.29, 1.82) is 0 Å². The Morgan fingerprint density at radius 2 is 1.81 bits per heavy atom. The number of rotatable bonds is 5. The van der Waals surface area contributed by atoms with Crippen LogP contribution in [-0.2, 0) is 6.18 Å². The predicted octanol–water partition coefficient (Wildman–Crippen LogP) is 6.61. The number of hydrogen-bond acceptors (Lipinski definition) is 6. The highest BCUT2D eigenvalue weighted by Crippen LogP contribution is 2.35. The summed E-state index contributed by atoms with van der Waals surface area (Å²) in [6, 6.07) is 11.4. The van der Waals surface area contributed by atoms with Gasteiger partial charge < -0.3 is 5.32 Å². The van der Waals surface area contributed by atoms with Gasteiger partial charge in [-0.3, -0.25) is 5.32 Å². The molecule has 2 heterocycles. The Kier molecular flexibility index (Phi) is 6.01. The third-order valence-corrected chi connectivity index (χ3v) is 6.88. The zero-order valence-corrected chi connectivity index (χ0v) is 18.8. The molecule has 31 heavy (non-hydrogen) atoms. The molecule has 160 valence electrons. The van der Waals surface area contributed by atoms with Crippen LogP contribution in [0.1, 0.15) is 5.56 Å². The van der Waals surface area contributed by atoms with E-state index in [4.69, 9.17) is 11.6 Å². The van der Waals surface area contributed by atoms with E-state index in [1.165, 1.54) is 17.6 Å². The number of para-hydroxylation sites is 1. The molecule has 2 aromatic heterocycles. The van der Waals surface area contributed by atoms with E-state index in [2.05, 4.69) is 45.0 Å². The van der Waals surface area contributed by atoms with Crippen molar-refractivity contribution in [2.24, 2.45) is 0 Å². The van der Waals surface area contributed by atoms with E-state index in [1.54, 1.807) is 0 Å². The first-order chi connectivity index (χ1) is 14.7. The fourth-order valence-corrected chi connectivity index (χ4v) is 4.90. The first-order valence-electron chi connectivity index (χ1n) is 9.01. The summed E-state index contributed by atoms with van der Waals surface area (Å²) in [5.41, 5.74) is 0.653. The molecule has 0 amide bonds. The Morgan fingerprint density at radius 3 is 2.55 bits per heavy atom. The van der Waals surface area contributed by atoms with Gasteiger partial charge in [-0.2, -0.15) is 18.2 Å². The van der Waals surface area contributed by atoms with Crippen molar-refractivity contribution in [2.75, 3.05) is 24.0 Å². The van der Waals surface area contributed by atoms with Gasteiger partial charge in [0, 0.05) is 5.69 Å². The van der Waals surface area contributed by atoms with Crippen LogP contribution in [0.2, 0.25) is 5.02 Å². The van der Waals surface area contributed by atoms with Gasteiger partial charge in [-0.25, -0.2) is 9.97 Å². The van der Waals surface area contributed by atoms with Gasteiger partial charge in [0.15, 0.2) is 10.9 Å². The van der Waals surface area contributed by atoms with E-state index in [-0.39, 0.29) is 13.9 Å². The number of nitrogens with one attached hydrogen (secondary N) is 2. The number of aromatic nitrogens is 3. The average molecular weight is 482 g/mol. The van der Waals surface area contributed by atoms with Crippen molar-refractivity contribution < 1.29 is 13.2 Å². The number of hydrogen-bond donors (Lipinski definition) is 2. The summed E-state index contributed by atoms with van der Waals surface area (Å²) in [7, 11) is -0.346. The molecule has 0 bridgehead atoms. The SMILES string of the molecule is CP(C)c1ccccc1Nc1nc(Nc2nc3ccc(C(F)(F)F)cc3s2)ncc1Cl. The molecule has 0 unspecified atom stereocenters. The largest absolute Gasteiger partial charge is 0.416 e. The summed E-state index contributed by atoms with van der Waals surface area (Å²) in [6.45, 7) is 4.31. The average Bonchev–Trinajstić information content (AvgIpc) is 3.11. The van der Waals surface area contributed by atoms with Crippen molar-refractivity contribution >= 4 is 69.0 Å². The van der Waals surface area contributed by atoms with E-state index in [9.17, 15) is 13.2 Å². The first kappa shape index (κ1) is 21.7. The van der Waals surface area contributed by atoms with Gasteiger partial charge in [0.1, 0.15) is 5.02 Å². The molecule has 2 N–H and O–H groups in total. The van der Waals surface area contributed by atoms with E-state index >= 15 is 0 Å². The van der Waals surface area contributed by atoms with Gasteiger partial charge in [0.2, 0.25) is 5.95 Å². The number of benzene rings is 2. The zero-order chi connectivity index (χ0) is 22.2. The van der Waals surface area contributed by atoms with Gasteiger partial charge in [-0.05, 0) is 42.9 Å². The molecule has 5 nitrogen and oxygen atoms in total. The maximum atomic E-state index is 12.9. The van der Waals surface area contributed by atoms with Crippen molar-refractivity contribution in [1.82, 2.24) is 15.0 Å². The second kappa shape index (κ2) is 8.57. The van der Waals surface area contributed by atoms with Crippen molar-refractivity contribution in [3.05, 3.63) is 59.2 Å². The molecule has 0 spiro atoms. The smallest absolute Gasteiger partial charge is 0.338 e. The monoisotopic (exact) mass is 481 g/mol. The minimum atomic E-state index is -4.40. The maximum absolute atomic E-state index is 12.9. The van der Waals surface area contributed by atoms with Gasteiger partial charge in [0.05, 0.1) is 22.0 Å². The topological polar surface area (TPSA) is 62.7 Å². The molecular weight excluding hydrogens is 466 g/mol. The fraction of sp³-hybridized carbons (Fsp3) is 0.150. The van der Waals surface area contributed by atoms with Crippen LogP contribution in [0.25, 0.3) is 10.2 Å². The number of fused-ring (bicyclic) bond motifs is 1. The Labute approximate surface area is 186 Å². The quantitative estimate of drug-likeness (QED) is 0.314. The number of halogens is 4. The van der Waals surface area contributed by atoms with Gasteiger partial charge in [0.25, 0.3) is 0 Å². The van der Waals surface area contributed by atoms with Gasteiger partial charge in [-0.15, -0.1) is 0 Å². The van der Waals surface area contributed by atoms with Crippen LogP contribution in [0.15, 0.2) is 48.7 Å². The predicted molar refractivity (Wildman–Crippen MR) is 123 cm³/mol. The summed E-state index contributed by atoms with van der Waals surface area (Å²) >= 11 is 7.37. The molecular formula is C20H16ClF3N5PS. The summed E-state index contributed by atoms with van der Waals surface area (Å²) in [4.78, 5) is 12.9. The minimum Gasteiger partial charge on any atom is -0.338 e. The fourth-order valence-electron chi connectivity index (χ4n) is 2.86. The summed E-state index contributed by atoms with van der Waals surface area (Å²) in [5, 5.41) is 8.10. The molecule has 4 aromatic rings.